The number of carbonyl (C=O) groups excluding carboxylic acids is 2. The van der Waals surface area contributed by atoms with Crippen LogP contribution >= 0.6 is 0 Å². The SMILES string of the molecule is C=C1CC[C@H](C(C)C)[C@@H]2[C@H]1[C@H]1C[C@](C)(O)[C@@H](OC(=O)CC(C)C)CC[C@](C)(OC(C)=O)[C@@H]2O1. The molecule has 0 unspecified atom stereocenters. The summed E-state index contributed by atoms with van der Waals surface area (Å²) in [5.74, 6) is 0.660. The molecule has 3 rings (SSSR count). The maximum absolute atomic E-state index is 12.5. The Morgan fingerprint density at radius 3 is 2.45 bits per heavy atom. The molecule has 0 aromatic heterocycles. The van der Waals surface area contributed by atoms with Crippen molar-refractivity contribution in [3.05, 3.63) is 12.2 Å². The maximum atomic E-state index is 12.5. The molecule has 0 spiro atoms. The molecular formula is C27H44O6. The van der Waals surface area contributed by atoms with E-state index in [1.165, 1.54) is 6.92 Å². The molecule has 3 fully saturated rings. The van der Waals surface area contributed by atoms with Crippen LogP contribution in [0.2, 0.25) is 0 Å². The monoisotopic (exact) mass is 464 g/mol. The quantitative estimate of drug-likeness (QED) is 0.464. The molecule has 0 radical (unpaired) electrons. The van der Waals surface area contributed by atoms with E-state index in [4.69, 9.17) is 14.2 Å². The molecule has 2 saturated heterocycles. The summed E-state index contributed by atoms with van der Waals surface area (Å²) in [5.41, 5.74) is -0.986. The Bertz CT molecular complexity index is 756. The lowest BCUT2D eigenvalue weighted by Crippen LogP contribution is -2.52. The third-order valence-electron chi connectivity index (χ3n) is 8.15. The summed E-state index contributed by atoms with van der Waals surface area (Å²) in [6.07, 6.45) is 2.24. The topological polar surface area (TPSA) is 82.1 Å². The standard InChI is InChI=1S/C27H44O6/c1-15(2)13-22(29)32-21-11-12-27(8,33-18(6)28)25-24-19(16(3)4)10-9-17(5)23(24)20(31-25)14-26(21,7)30/h15-16,19-21,23-25,30H,5,9-14H2,1-4,6-8H3/t19-,20-,21+,23-,24-,25-,26+,27+/m1/s1. The van der Waals surface area contributed by atoms with Crippen LogP contribution in [0, 0.1) is 29.6 Å². The van der Waals surface area contributed by atoms with Crippen LogP contribution in [0.1, 0.15) is 87.0 Å². The molecule has 1 N–H and O–H groups in total. The number of fused-ring (bicyclic) bond motifs is 5. The molecule has 188 valence electrons. The lowest BCUT2D eigenvalue weighted by atomic mass is 9.60. The Balaban J connectivity index is 2.01. The smallest absolute Gasteiger partial charge is 0.306 e. The van der Waals surface area contributed by atoms with Gasteiger partial charge in [0.2, 0.25) is 0 Å². The lowest BCUT2D eigenvalue weighted by Gasteiger charge is -2.46. The second kappa shape index (κ2) is 9.69. The largest absolute Gasteiger partial charge is 0.459 e. The first-order valence-electron chi connectivity index (χ1n) is 12.7. The molecule has 1 aliphatic carbocycles. The van der Waals surface area contributed by atoms with Crippen LogP contribution < -0.4 is 0 Å². The molecule has 2 bridgehead atoms. The van der Waals surface area contributed by atoms with Gasteiger partial charge in [-0.1, -0.05) is 39.8 Å². The number of aliphatic hydroxyl groups is 1. The highest BCUT2D eigenvalue weighted by molar-refractivity contribution is 5.70. The van der Waals surface area contributed by atoms with Crippen molar-refractivity contribution in [1.29, 1.82) is 0 Å². The van der Waals surface area contributed by atoms with Crippen molar-refractivity contribution in [1.82, 2.24) is 0 Å². The molecule has 6 nitrogen and oxygen atoms in total. The van der Waals surface area contributed by atoms with Gasteiger partial charge < -0.3 is 19.3 Å². The van der Waals surface area contributed by atoms with Crippen molar-refractivity contribution in [2.24, 2.45) is 29.6 Å². The van der Waals surface area contributed by atoms with Crippen LogP contribution in [0.5, 0.6) is 0 Å². The summed E-state index contributed by atoms with van der Waals surface area (Å²) >= 11 is 0. The fourth-order valence-corrected chi connectivity index (χ4v) is 6.61. The van der Waals surface area contributed by atoms with Gasteiger partial charge in [0.25, 0.3) is 0 Å². The van der Waals surface area contributed by atoms with E-state index in [0.29, 0.717) is 37.5 Å². The Morgan fingerprint density at radius 2 is 1.88 bits per heavy atom. The van der Waals surface area contributed by atoms with Gasteiger partial charge >= 0.3 is 11.9 Å². The molecule has 33 heavy (non-hydrogen) atoms. The first-order chi connectivity index (χ1) is 15.2. The molecule has 0 aromatic rings. The Hall–Kier alpha value is -1.40. The summed E-state index contributed by atoms with van der Waals surface area (Å²) < 4.78 is 18.5. The molecule has 0 amide bonds. The minimum Gasteiger partial charge on any atom is -0.459 e. The van der Waals surface area contributed by atoms with Gasteiger partial charge in [-0.2, -0.15) is 0 Å². The van der Waals surface area contributed by atoms with Gasteiger partial charge in [0.05, 0.1) is 6.10 Å². The minimum atomic E-state index is -1.26. The number of carbonyl (C=O) groups is 2. The van der Waals surface area contributed by atoms with E-state index in [1.54, 1.807) is 6.92 Å². The summed E-state index contributed by atoms with van der Waals surface area (Å²) in [6, 6.07) is 0. The third-order valence-corrected chi connectivity index (χ3v) is 8.15. The normalized spacial score (nSPS) is 41.2. The highest BCUT2D eigenvalue weighted by atomic mass is 16.6. The van der Waals surface area contributed by atoms with Crippen LogP contribution in [0.3, 0.4) is 0 Å². The third kappa shape index (κ3) is 5.48. The average molecular weight is 465 g/mol. The highest BCUT2D eigenvalue weighted by Crippen LogP contribution is 2.56. The van der Waals surface area contributed by atoms with E-state index >= 15 is 0 Å². The first-order valence-corrected chi connectivity index (χ1v) is 12.7. The second-order valence-electron chi connectivity index (χ2n) is 11.9. The van der Waals surface area contributed by atoms with Gasteiger partial charge in [-0.25, -0.2) is 0 Å². The average Bonchev–Trinajstić information content (AvgIpc) is 3.04. The number of rotatable bonds is 5. The van der Waals surface area contributed by atoms with E-state index in [1.807, 2.05) is 20.8 Å². The number of esters is 2. The molecule has 0 aromatic carbocycles. The highest BCUT2D eigenvalue weighted by Gasteiger charge is 2.60. The van der Waals surface area contributed by atoms with Crippen molar-refractivity contribution >= 4 is 11.9 Å². The van der Waals surface area contributed by atoms with Gasteiger partial charge in [0.15, 0.2) is 0 Å². The van der Waals surface area contributed by atoms with E-state index in [2.05, 4.69) is 20.4 Å². The van der Waals surface area contributed by atoms with Crippen molar-refractivity contribution in [2.75, 3.05) is 0 Å². The van der Waals surface area contributed by atoms with E-state index < -0.39 is 17.3 Å². The predicted octanol–water partition coefficient (Wildman–Crippen LogP) is 4.82. The Labute approximate surface area is 199 Å². The van der Waals surface area contributed by atoms with Gasteiger partial charge in [0, 0.05) is 31.6 Å². The second-order valence-corrected chi connectivity index (χ2v) is 11.9. The number of hydrogen-bond donors (Lipinski definition) is 1. The molecule has 2 aliphatic heterocycles. The summed E-state index contributed by atoms with van der Waals surface area (Å²) in [6.45, 7) is 17.9. The minimum absolute atomic E-state index is 0.0858. The van der Waals surface area contributed by atoms with Gasteiger partial charge in [-0.3, -0.25) is 9.59 Å². The zero-order valence-electron chi connectivity index (χ0n) is 21.6. The molecule has 6 heteroatoms. The molecule has 8 atom stereocenters. The van der Waals surface area contributed by atoms with E-state index in [9.17, 15) is 14.7 Å². The van der Waals surface area contributed by atoms with Crippen LogP contribution in [-0.4, -0.2) is 46.6 Å². The zero-order chi connectivity index (χ0) is 24.7. The van der Waals surface area contributed by atoms with E-state index in [-0.39, 0.29) is 41.9 Å². The lowest BCUT2D eigenvalue weighted by molar-refractivity contribution is -0.180. The molecule has 3 aliphatic rings. The summed E-state index contributed by atoms with van der Waals surface area (Å²) in [7, 11) is 0. The van der Waals surface area contributed by atoms with Gasteiger partial charge in [-0.15, -0.1) is 0 Å². The predicted molar refractivity (Wildman–Crippen MR) is 126 cm³/mol. The van der Waals surface area contributed by atoms with Crippen molar-refractivity contribution < 1.29 is 28.9 Å². The van der Waals surface area contributed by atoms with Crippen molar-refractivity contribution in [3.8, 4) is 0 Å². The molecular weight excluding hydrogens is 420 g/mol. The van der Waals surface area contributed by atoms with Crippen LogP contribution in [0.15, 0.2) is 12.2 Å². The van der Waals surface area contributed by atoms with Gasteiger partial charge in [-0.05, 0) is 57.3 Å². The van der Waals surface area contributed by atoms with Crippen LogP contribution in [-0.2, 0) is 23.8 Å². The van der Waals surface area contributed by atoms with Crippen molar-refractivity contribution in [2.45, 2.75) is 117 Å². The zero-order valence-corrected chi connectivity index (χ0v) is 21.6. The molecule has 1 saturated carbocycles. The van der Waals surface area contributed by atoms with Gasteiger partial charge in [0.1, 0.15) is 23.4 Å². The summed E-state index contributed by atoms with van der Waals surface area (Å²) in [5, 5.41) is 11.6. The number of hydrogen-bond acceptors (Lipinski definition) is 6. The first kappa shape index (κ1) is 26.2. The van der Waals surface area contributed by atoms with Crippen molar-refractivity contribution in [3.63, 3.8) is 0 Å². The van der Waals surface area contributed by atoms with E-state index in [0.717, 1.165) is 18.4 Å². The fraction of sp³-hybridized carbons (Fsp3) is 0.852. The summed E-state index contributed by atoms with van der Waals surface area (Å²) in [4.78, 5) is 24.7. The Morgan fingerprint density at radius 1 is 1.21 bits per heavy atom. The fourth-order valence-electron chi connectivity index (χ4n) is 6.61. The van der Waals surface area contributed by atoms with Crippen LogP contribution in [0.4, 0.5) is 0 Å². The Kier molecular flexibility index (Phi) is 7.70. The number of ether oxygens (including phenoxy) is 3. The maximum Gasteiger partial charge on any atom is 0.306 e. The molecule has 2 heterocycles. The van der Waals surface area contributed by atoms with Crippen LogP contribution in [0.25, 0.3) is 0 Å².